The molecule has 0 aliphatic heterocycles. The highest BCUT2D eigenvalue weighted by atomic mass is 16.7. The van der Waals surface area contributed by atoms with E-state index in [2.05, 4.69) is 11.9 Å². The number of non-ortho nitro benzene ring substituents is 1. The third kappa shape index (κ3) is 9.09. The van der Waals surface area contributed by atoms with Crippen LogP contribution in [0.3, 0.4) is 0 Å². The largest absolute Gasteiger partial charge is 0.377 e. The Bertz CT molecular complexity index is 696. The second-order valence-electron chi connectivity index (χ2n) is 6.19. The molecular formula is C19H27N3O8. The van der Waals surface area contributed by atoms with Crippen LogP contribution < -0.4 is 10.8 Å². The SMILES string of the molecule is C=CCOCC(CC(COCOCC)NC(=O)c1ccc([N+](=O)[O-])cc1)C(=O)NO. The lowest BCUT2D eigenvalue weighted by molar-refractivity contribution is -0.384. The van der Waals surface area contributed by atoms with E-state index in [1.54, 1.807) is 12.4 Å². The average Bonchev–Trinajstić information content (AvgIpc) is 2.75. The number of nitro groups is 1. The van der Waals surface area contributed by atoms with Crippen molar-refractivity contribution < 1.29 is 33.9 Å². The van der Waals surface area contributed by atoms with Gasteiger partial charge < -0.3 is 19.5 Å². The number of carbonyl (C=O) groups excluding carboxylic acids is 2. The molecule has 0 fully saturated rings. The molecule has 11 nitrogen and oxygen atoms in total. The molecule has 2 unspecified atom stereocenters. The second kappa shape index (κ2) is 14.2. The zero-order valence-corrected chi connectivity index (χ0v) is 16.7. The molecule has 0 bridgehead atoms. The van der Waals surface area contributed by atoms with Gasteiger partial charge in [-0.25, -0.2) is 5.48 Å². The molecular weight excluding hydrogens is 398 g/mol. The highest BCUT2D eigenvalue weighted by Gasteiger charge is 2.25. The molecule has 0 saturated carbocycles. The predicted octanol–water partition coefficient (Wildman–Crippen LogP) is 1.42. The molecule has 0 heterocycles. The van der Waals surface area contributed by atoms with Crippen molar-refractivity contribution in [3.05, 3.63) is 52.6 Å². The minimum atomic E-state index is -0.771. The molecule has 1 aromatic carbocycles. The molecule has 3 N–H and O–H groups in total. The van der Waals surface area contributed by atoms with E-state index >= 15 is 0 Å². The fourth-order valence-electron chi connectivity index (χ4n) is 2.48. The normalized spacial score (nSPS) is 12.6. The van der Waals surface area contributed by atoms with E-state index in [9.17, 15) is 19.7 Å². The Kier molecular flexibility index (Phi) is 11.9. The molecule has 0 radical (unpaired) electrons. The van der Waals surface area contributed by atoms with Crippen LogP contribution in [0.15, 0.2) is 36.9 Å². The summed E-state index contributed by atoms with van der Waals surface area (Å²) >= 11 is 0. The van der Waals surface area contributed by atoms with Crippen LogP contribution >= 0.6 is 0 Å². The van der Waals surface area contributed by atoms with Crippen LogP contribution in [0, 0.1) is 16.0 Å². The molecule has 166 valence electrons. The summed E-state index contributed by atoms with van der Waals surface area (Å²) < 4.78 is 15.8. The van der Waals surface area contributed by atoms with Gasteiger partial charge in [-0.3, -0.25) is 24.9 Å². The molecule has 0 saturated heterocycles. The van der Waals surface area contributed by atoms with Crippen molar-refractivity contribution in [1.82, 2.24) is 10.8 Å². The predicted molar refractivity (Wildman–Crippen MR) is 106 cm³/mol. The Morgan fingerprint density at radius 1 is 1.23 bits per heavy atom. The van der Waals surface area contributed by atoms with Gasteiger partial charge in [0.15, 0.2) is 0 Å². The van der Waals surface area contributed by atoms with Crippen molar-refractivity contribution in [3.8, 4) is 0 Å². The van der Waals surface area contributed by atoms with Crippen LogP contribution in [0.25, 0.3) is 0 Å². The highest BCUT2D eigenvalue weighted by Crippen LogP contribution is 2.14. The van der Waals surface area contributed by atoms with E-state index in [-0.39, 0.29) is 44.3 Å². The maximum absolute atomic E-state index is 12.5. The van der Waals surface area contributed by atoms with Crippen molar-refractivity contribution in [2.45, 2.75) is 19.4 Å². The van der Waals surface area contributed by atoms with Crippen LogP contribution in [-0.2, 0) is 19.0 Å². The van der Waals surface area contributed by atoms with Gasteiger partial charge in [-0.2, -0.15) is 0 Å². The molecule has 1 aromatic rings. The first-order valence-electron chi connectivity index (χ1n) is 9.26. The van der Waals surface area contributed by atoms with Crippen molar-refractivity contribution in [2.24, 2.45) is 5.92 Å². The number of rotatable bonds is 15. The van der Waals surface area contributed by atoms with Crippen LogP contribution in [0.5, 0.6) is 0 Å². The van der Waals surface area contributed by atoms with Gasteiger partial charge in [0, 0.05) is 24.3 Å². The summed E-state index contributed by atoms with van der Waals surface area (Å²) in [7, 11) is 0. The van der Waals surface area contributed by atoms with Crippen molar-refractivity contribution >= 4 is 17.5 Å². The summed E-state index contributed by atoms with van der Waals surface area (Å²) in [5.74, 6) is -1.93. The number of hydrogen-bond donors (Lipinski definition) is 3. The number of nitrogens with zero attached hydrogens (tertiary/aromatic N) is 1. The number of ether oxygens (including phenoxy) is 3. The molecule has 0 aliphatic rings. The second-order valence-corrected chi connectivity index (χ2v) is 6.19. The first-order valence-corrected chi connectivity index (χ1v) is 9.26. The van der Waals surface area contributed by atoms with Crippen LogP contribution in [-0.4, -0.2) is 61.2 Å². The first-order chi connectivity index (χ1) is 14.4. The Balaban J connectivity index is 2.85. The Labute approximate surface area is 174 Å². The van der Waals surface area contributed by atoms with Crippen LogP contribution in [0.1, 0.15) is 23.7 Å². The fraction of sp³-hybridized carbons (Fsp3) is 0.474. The number of amides is 2. The maximum atomic E-state index is 12.5. The number of hydroxylamine groups is 1. The van der Waals surface area contributed by atoms with Crippen molar-refractivity contribution in [1.29, 1.82) is 0 Å². The minimum Gasteiger partial charge on any atom is -0.377 e. The Hall–Kier alpha value is -2.86. The maximum Gasteiger partial charge on any atom is 0.269 e. The Morgan fingerprint density at radius 2 is 1.93 bits per heavy atom. The third-order valence-corrected chi connectivity index (χ3v) is 3.97. The standard InChI is InChI=1S/C19H27N3O8/c1-3-9-29-11-15(19(24)21-25)10-16(12-30-13-28-4-2)20-18(23)14-5-7-17(8-6-14)22(26)27/h3,5-8,15-16,25H,1,4,9-13H2,2H3,(H,20,23)(H,21,24). The number of benzene rings is 1. The quantitative estimate of drug-likeness (QED) is 0.0954. The summed E-state index contributed by atoms with van der Waals surface area (Å²) in [5.41, 5.74) is 1.66. The van der Waals surface area contributed by atoms with Gasteiger partial charge in [-0.1, -0.05) is 6.08 Å². The number of nitro benzene ring substituents is 1. The molecule has 0 spiro atoms. The minimum absolute atomic E-state index is 0.00420. The zero-order valence-electron chi connectivity index (χ0n) is 16.7. The lowest BCUT2D eigenvalue weighted by Crippen LogP contribution is -2.43. The van der Waals surface area contributed by atoms with E-state index < -0.39 is 28.7 Å². The molecule has 1 rings (SSSR count). The summed E-state index contributed by atoms with van der Waals surface area (Å²) in [6.07, 6.45) is 1.63. The first kappa shape index (κ1) is 25.2. The Morgan fingerprint density at radius 3 is 2.50 bits per heavy atom. The van der Waals surface area contributed by atoms with E-state index in [1.807, 2.05) is 0 Å². The van der Waals surface area contributed by atoms with Crippen molar-refractivity contribution in [2.75, 3.05) is 33.2 Å². The molecule has 30 heavy (non-hydrogen) atoms. The smallest absolute Gasteiger partial charge is 0.269 e. The van der Waals surface area contributed by atoms with E-state index in [4.69, 9.17) is 19.4 Å². The van der Waals surface area contributed by atoms with Crippen LogP contribution in [0.2, 0.25) is 0 Å². The monoisotopic (exact) mass is 425 g/mol. The fourth-order valence-corrected chi connectivity index (χ4v) is 2.48. The van der Waals surface area contributed by atoms with Gasteiger partial charge in [0.05, 0.1) is 36.7 Å². The van der Waals surface area contributed by atoms with E-state index in [1.165, 1.54) is 30.3 Å². The van der Waals surface area contributed by atoms with Crippen molar-refractivity contribution in [3.63, 3.8) is 0 Å². The van der Waals surface area contributed by atoms with Gasteiger partial charge in [0.2, 0.25) is 5.91 Å². The van der Waals surface area contributed by atoms with Gasteiger partial charge in [0.25, 0.3) is 11.6 Å². The number of hydrogen-bond acceptors (Lipinski definition) is 8. The molecule has 2 atom stereocenters. The summed E-state index contributed by atoms with van der Waals surface area (Å²) in [6.45, 7) is 6.03. The van der Waals surface area contributed by atoms with Gasteiger partial charge in [0.1, 0.15) is 6.79 Å². The topological polar surface area (TPSA) is 149 Å². The summed E-state index contributed by atoms with van der Waals surface area (Å²) in [5, 5.41) is 22.5. The average molecular weight is 425 g/mol. The summed E-state index contributed by atoms with van der Waals surface area (Å²) in [6, 6.07) is 4.48. The third-order valence-electron chi connectivity index (χ3n) is 3.97. The van der Waals surface area contributed by atoms with E-state index in [0.29, 0.717) is 6.61 Å². The van der Waals surface area contributed by atoms with Gasteiger partial charge >= 0.3 is 0 Å². The molecule has 11 heteroatoms. The molecule has 0 aromatic heterocycles. The lowest BCUT2D eigenvalue weighted by atomic mass is 9.99. The lowest BCUT2D eigenvalue weighted by Gasteiger charge is -2.23. The summed E-state index contributed by atoms with van der Waals surface area (Å²) in [4.78, 5) is 34.7. The number of carbonyl (C=O) groups is 2. The van der Waals surface area contributed by atoms with Gasteiger partial charge in [-0.05, 0) is 25.5 Å². The van der Waals surface area contributed by atoms with Crippen LogP contribution in [0.4, 0.5) is 5.69 Å². The highest BCUT2D eigenvalue weighted by molar-refractivity contribution is 5.94. The van der Waals surface area contributed by atoms with Gasteiger partial charge in [-0.15, -0.1) is 6.58 Å². The van der Waals surface area contributed by atoms with E-state index in [0.717, 1.165) is 0 Å². The zero-order chi connectivity index (χ0) is 22.4. The number of nitrogens with one attached hydrogen (secondary N) is 2. The molecule has 0 aliphatic carbocycles. The molecule has 2 amide bonds.